The summed E-state index contributed by atoms with van der Waals surface area (Å²) in [5, 5.41) is 6.55. The van der Waals surface area contributed by atoms with Crippen LogP contribution in [0, 0.1) is 0 Å². The Morgan fingerprint density at radius 2 is 1.86 bits per heavy atom. The van der Waals surface area contributed by atoms with Gasteiger partial charge in [0.05, 0.1) is 26.4 Å². The van der Waals surface area contributed by atoms with E-state index in [0.717, 1.165) is 37.8 Å². The second-order valence-electron chi connectivity index (χ2n) is 6.39. The molecule has 0 aliphatic carbocycles. The molecule has 2 aromatic rings. The van der Waals surface area contributed by atoms with E-state index in [2.05, 4.69) is 56.4 Å². The Labute approximate surface area is 168 Å². The molecule has 0 saturated carbocycles. The summed E-state index contributed by atoms with van der Waals surface area (Å²) in [6, 6.07) is 10.4. The van der Waals surface area contributed by atoms with E-state index in [0.29, 0.717) is 32.9 Å². The van der Waals surface area contributed by atoms with Gasteiger partial charge in [0, 0.05) is 39.1 Å². The van der Waals surface area contributed by atoms with Crippen LogP contribution in [0.1, 0.15) is 31.2 Å². The molecule has 0 amide bonds. The number of imidazole rings is 1. The van der Waals surface area contributed by atoms with E-state index in [1.54, 1.807) is 7.05 Å². The summed E-state index contributed by atoms with van der Waals surface area (Å²) in [5.74, 6) is 1.70. The lowest BCUT2D eigenvalue weighted by atomic mass is 10.2. The number of aliphatic imine (C=N–C) groups is 1. The minimum atomic E-state index is 0.603. The van der Waals surface area contributed by atoms with Gasteiger partial charge in [0.1, 0.15) is 5.82 Å². The van der Waals surface area contributed by atoms with Crippen molar-refractivity contribution in [3.05, 3.63) is 54.1 Å². The highest BCUT2D eigenvalue weighted by Crippen LogP contribution is 2.05. The molecule has 1 heterocycles. The zero-order valence-electron chi connectivity index (χ0n) is 17.1. The van der Waals surface area contributed by atoms with Gasteiger partial charge in [-0.05, 0) is 12.0 Å². The van der Waals surface area contributed by atoms with E-state index in [9.17, 15) is 0 Å². The zero-order valence-corrected chi connectivity index (χ0v) is 17.1. The number of hydrogen-bond donors (Lipinski definition) is 2. The fourth-order valence-corrected chi connectivity index (χ4v) is 2.62. The molecular weight excluding hydrogens is 354 g/mol. The molecule has 0 unspecified atom stereocenters. The van der Waals surface area contributed by atoms with Crippen molar-refractivity contribution in [3.63, 3.8) is 0 Å². The van der Waals surface area contributed by atoms with Crippen LogP contribution in [-0.4, -0.2) is 55.5 Å². The molecule has 154 valence electrons. The number of nitrogens with zero attached hydrogens (tertiary/aromatic N) is 3. The van der Waals surface area contributed by atoms with Crippen LogP contribution in [0.3, 0.4) is 0 Å². The predicted octanol–water partition coefficient (Wildman–Crippen LogP) is 2.43. The number of hydrogen-bond acceptors (Lipinski definition) is 4. The van der Waals surface area contributed by atoms with Crippen molar-refractivity contribution in [1.82, 2.24) is 20.2 Å². The molecule has 2 N–H and O–H groups in total. The molecule has 1 aromatic carbocycles. The van der Waals surface area contributed by atoms with Crippen molar-refractivity contribution < 1.29 is 9.47 Å². The number of ether oxygens (including phenoxy) is 2. The third-order valence-corrected chi connectivity index (χ3v) is 4.19. The molecule has 1 aromatic heterocycles. The normalized spacial score (nSPS) is 11.6. The molecule has 0 fully saturated rings. The van der Waals surface area contributed by atoms with Gasteiger partial charge in [-0.1, -0.05) is 43.7 Å². The van der Waals surface area contributed by atoms with Crippen molar-refractivity contribution >= 4 is 5.96 Å². The van der Waals surface area contributed by atoms with Gasteiger partial charge in [0.15, 0.2) is 5.96 Å². The van der Waals surface area contributed by atoms with Gasteiger partial charge in [-0.3, -0.25) is 4.99 Å². The fourth-order valence-electron chi connectivity index (χ4n) is 2.62. The summed E-state index contributed by atoms with van der Waals surface area (Å²) in [6.07, 6.45) is 6.08. The summed E-state index contributed by atoms with van der Waals surface area (Å²) in [6.45, 7) is 6.94. The molecule has 0 aliphatic rings. The van der Waals surface area contributed by atoms with Crippen LogP contribution in [0.25, 0.3) is 0 Å². The third-order valence-electron chi connectivity index (χ3n) is 4.19. The number of rotatable bonds is 13. The van der Waals surface area contributed by atoms with Crippen LogP contribution in [-0.2, 0) is 22.6 Å². The maximum Gasteiger partial charge on any atom is 0.191 e. The van der Waals surface area contributed by atoms with Gasteiger partial charge in [-0.2, -0.15) is 0 Å². The van der Waals surface area contributed by atoms with Crippen LogP contribution in [0.5, 0.6) is 0 Å². The Bertz CT molecular complexity index is 672. The minimum absolute atomic E-state index is 0.603. The third kappa shape index (κ3) is 8.54. The molecule has 0 radical (unpaired) electrons. The van der Waals surface area contributed by atoms with Crippen molar-refractivity contribution in [2.45, 2.75) is 32.9 Å². The number of aromatic nitrogens is 2. The van der Waals surface area contributed by atoms with Gasteiger partial charge in [0.25, 0.3) is 0 Å². The molecule has 28 heavy (non-hydrogen) atoms. The van der Waals surface area contributed by atoms with E-state index in [4.69, 9.17) is 9.47 Å². The first-order valence-electron chi connectivity index (χ1n) is 9.97. The van der Waals surface area contributed by atoms with Gasteiger partial charge in [0.2, 0.25) is 0 Å². The molecule has 0 saturated heterocycles. The lowest BCUT2D eigenvalue weighted by Gasteiger charge is -2.13. The molecule has 0 aliphatic heterocycles. The second kappa shape index (κ2) is 13.7. The van der Waals surface area contributed by atoms with Crippen LogP contribution >= 0.6 is 0 Å². The maximum absolute atomic E-state index is 5.56. The SMILES string of the molecule is CCCCOCCOCCNC(=NC)NCc1nccn1Cc1ccccc1. The molecule has 0 spiro atoms. The second-order valence-corrected chi connectivity index (χ2v) is 6.39. The number of nitrogens with one attached hydrogen (secondary N) is 2. The Balaban J connectivity index is 1.63. The van der Waals surface area contributed by atoms with Gasteiger partial charge in [-0.25, -0.2) is 4.98 Å². The van der Waals surface area contributed by atoms with Crippen molar-refractivity contribution in [2.24, 2.45) is 4.99 Å². The molecule has 2 rings (SSSR count). The topological polar surface area (TPSA) is 72.7 Å². The Morgan fingerprint density at radius 1 is 1.07 bits per heavy atom. The van der Waals surface area contributed by atoms with E-state index in [1.165, 1.54) is 5.56 Å². The van der Waals surface area contributed by atoms with Crippen LogP contribution in [0.15, 0.2) is 47.7 Å². The first-order chi connectivity index (χ1) is 13.8. The summed E-state index contributed by atoms with van der Waals surface area (Å²) < 4.78 is 13.2. The molecular formula is C21H33N5O2. The first-order valence-corrected chi connectivity index (χ1v) is 9.97. The number of guanidine groups is 1. The standard InChI is InChI=1S/C21H33N5O2/c1-3-4-13-27-15-16-28-14-11-24-21(22-2)25-17-20-23-10-12-26(20)18-19-8-6-5-7-9-19/h5-10,12H,3-4,11,13-18H2,1-2H3,(H2,22,24,25). The summed E-state index contributed by atoms with van der Waals surface area (Å²) in [4.78, 5) is 8.70. The Hall–Kier alpha value is -2.38. The van der Waals surface area contributed by atoms with Gasteiger partial charge < -0.3 is 24.7 Å². The molecule has 7 nitrogen and oxygen atoms in total. The van der Waals surface area contributed by atoms with Gasteiger partial charge >= 0.3 is 0 Å². The average Bonchev–Trinajstić information content (AvgIpc) is 3.16. The quantitative estimate of drug-likeness (QED) is 0.314. The largest absolute Gasteiger partial charge is 0.379 e. The highest BCUT2D eigenvalue weighted by Gasteiger charge is 2.05. The van der Waals surface area contributed by atoms with E-state index < -0.39 is 0 Å². The van der Waals surface area contributed by atoms with Crippen molar-refractivity contribution in [2.75, 3.05) is 40.0 Å². The fraction of sp³-hybridized carbons (Fsp3) is 0.524. The van der Waals surface area contributed by atoms with Crippen LogP contribution in [0.2, 0.25) is 0 Å². The molecule has 0 bridgehead atoms. The highest BCUT2D eigenvalue weighted by molar-refractivity contribution is 5.79. The number of benzene rings is 1. The maximum atomic E-state index is 5.56. The lowest BCUT2D eigenvalue weighted by molar-refractivity contribution is 0.0487. The Morgan fingerprint density at radius 3 is 2.61 bits per heavy atom. The zero-order chi connectivity index (χ0) is 19.9. The predicted molar refractivity (Wildman–Crippen MR) is 113 cm³/mol. The highest BCUT2D eigenvalue weighted by atomic mass is 16.5. The van der Waals surface area contributed by atoms with Crippen LogP contribution < -0.4 is 10.6 Å². The minimum Gasteiger partial charge on any atom is -0.379 e. The Kier molecular flexibility index (Phi) is 10.8. The summed E-state index contributed by atoms with van der Waals surface area (Å²) >= 11 is 0. The van der Waals surface area contributed by atoms with Crippen LogP contribution in [0.4, 0.5) is 0 Å². The molecule has 0 atom stereocenters. The number of unbranched alkanes of at least 4 members (excludes halogenated alkanes) is 1. The average molecular weight is 388 g/mol. The monoisotopic (exact) mass is 387 g/mol. The lowest BCUT2D eigenvalue weighted by Crippen LogP contribution is -2.39. The summed E-state index contributed by atoms with van der Waals surface area (Å²) in [5.41, 5.74) is 1.25. The summed E-state index contributed by atoms with van der Waals surface area (Å²) in [7, 11) is 1.76. The van der Waals surface area contributed by atoms with Crippen molar-refractivity contribution in [3.8, 4) is 0 Å². The molecule has 7 heteroatoms. The van der Waals surface area contributed by atoms with Crippen molar-refractivity contribution in [1.29, 1.82) is 0 Å². The first kappa shape index (κ1) is 21.9. The van der Waals surface area contributed by atoms with E-state index in [-0.39, 0.29) is 0 Å². The smallest absolute Gasteiger partial charge is 0.191 e. The van der Waals surface area contributed by atoms with Gasteiger partial charge in [-0.15, -0.1) is 0 Å². The van der Waals surface area contributed by atoms with E-state index >= 15 is 0 Å². The van der Waals surface area contributed by atoms with E-state index in [1.807, 2.05) is 18.5 Å².